The van der Waals surface area contributed by atoms with Crippen LogP contribution in [0.4, 0.5) is 11.4 Å². The van der Waals surface area contributed by atoms with Crippen molar-refractivity contribution in [2.45, 2.75) is 19.4 Å². The number of halogens is 1. The second kappa shape index (κ2) is 11.3. The molecular weight excluding hydrogens is 500 g/mol. The Morgan fingerprint density at radius 2 is 1.61 bits per heavy atom. The fraction of sp³-hybridized carbons (Fsp3) is 0.300. The van der Waals surface area contributed by atoms with E-state index in [0.717, 1.165) is 24.1 Å². The SMILES string of the molecule is CN(Cc1ccccc1)C(=O)c1cc(NC(=O)C2CC2)ccc1N1CCN(C(=O)c2ccc(Cl)cc2)CC1. The van der Waals surface area contributed by atoms with Gasteiger partial charge >= 0.3 is 0 Å². The molecule has 3 aromatic rings. The minimum absolute atomic E-state index is 0.00288. The third-order valence-corrected chi connectivity index (χ3v) is 7.30. The Morgan fingerprint density at radius 3 is 2.26 bits per heavy atom. The number of rotatable bonds is 7. The van der Waals surface area contributed by atoms with E-state index >= 15 is 0 Å². The Labute approximate surface area is 228 Å². The molecule has 1 aliphatic heterocycles. The molecule has 2 aliphatic rings. The molecule has 5 rings (SSSR count). The Bertz CT molecular complexity index is 1320. The van der Waals surface area contributed by atoms with Crippen LogP contribution in [0.25, 0.3) is 0 Å². The first-order valence-electron chi connectivity index (χ1n) is 12.9. The van der Waals surface area contributed by atoms with Crippen molar-refractivity contribution in [3.05, 3.63) is 94.5 Å². The first-order valence-corrected chi connectivity index (χ1v) is 13.3. The van der Waals surface area contributed by atoms with Gasteiger partial charge in [-0.05, 0) is 60.9 Å². The Balaban J connectivity index is 1.34. The van der Waals surface area contributed by atoms with Crippen LogP contribution < -0.4 is 10.2 Å². The fourth-order valence-corrected chi connectivity index (χ4v) is 4.84. The molecule has 196 valence electrons. The number of hydrogen-bond acceptors (Lipinski definition) is 4. The molecule has 1 saturated carbocycles. The third-order valence-electron chi connectivity index (χ3n) is 7.05. The molecule has 7 nitrogen and oxygen atoms in total. The molecule has 2 fully saturated rings. The summed E-state index contributed by atoms with van der Waals surface area (Å²) in [6.07, 6.45) is 1.82. The van der Waals surface area contributed by atoms with Crippen LogP contribution >= 0.6 is 11.6 Å². The van der Waals surface area contributed by atoms with E-state index < -0.39 is 0 Å². The number of carbonyl (C=O) groups is 3. The summed E-state index contributed by atoms with van der Waals surface area (Å²) in [6.45, 7) is 2.73. The van der Waals surface area contributed by atoms with Crippen LogP contribution in [-0.2, 0) is 11.3 Å². The van der Waals surface area contributed by atoms with Crippen molar-refractivity contribution in [2.24, 2.45) is 5.92 Å². The molecule has 0 atom stereocenters. The van der Waals surface area contributed by atoms with E-state index in [2.05, 4.69) is 10.2 Å². The molecular formula is C30H31ClN4O3. The summed E-state index contributed by atoms with van der Waals surface area (Å²) in [6, 6.07) is 22.3. The molecule has 3 amide bonds. The van der Waals surface area contributed by atoms with Crippen LogP contribution in [0.15, 0.2) is 72.8 Å². The highest BCUT2D eigenvalue weighted by Crippen LogP contribution is 2.32. The van der Waals surface area contributed by atoms with Crippen LogP contribution in [0.1, 0.15) is 39.1 Å². The molecule has 1 N–H and O–H groups in total. The standard InChI is InChI=1S/C30H31ClN4O3/c1-33(20-21-5-3-2-4-6-21)30(38)26-19-25(32-28(36)22-7-8-22)13-14-27(26)34-15-17-35(18-16-34)29(37)23-9-11-24(31)12-10-23/h2-6,9-14,19,22H,7-8,15-18,20H2,1H3,(H,32,36). The number of hydrogen-bond donors (Lipinski definition) is 1. The Hall–Kier alpha value is -3.84. The van der Waals surface area contributed by atoms with E-state index in [-0.39, 0.29) is 23.6 Å². The van der Waals surface area contributed by atoms with Crippen LogP contribution in [0.5, 0.6) is 0 Å². The zero-order valence-electron chi connectivity index (χ0n) is 21.4. The lowest BCUT2D eigenvalue weighted by molar-refractivity contribution is -0.117. The predicted octanol–water partition coefficient (Wildman–Crippen LogP) is 4.92. The first-order chi connectivity index (χ1) is 18.4. The third kappa shape index (κ3) is 6.00. The van der Waals surface area contributed by atoms with Gasteiger partial charge < -0.3 is 20.0 Å². The van der Waals surface area contributed by atoms with Crippen molar-refractivity contribution >= 4 is 40.7 Å². The number of benzene rings is 3. The van der Waals surface area contributed by atoms with E-state index in [1.807, 2.05) is 47.4 Å². The summed E-state index contributed by atoms with van der Waals surface area (Å²) in [4.78, 5) is 44.7. The highest BCUT2D eigenvalue weighted by atomic mass is 35.5. The van der Waals surface area contributed by atoms with Gasteiger partial charge in [-0.15, -0.1) is 0 Å². The van der Waals surface area contributed by atoms with Crippen LogP contribution in [0.2, 0.25) is 5.02 Å². The minimum Gasteiger partial charge on any atom is -0.367 e. The summed E-state index contributed by atoms with van der Waals surface area (Å²) in [7, 11) is 1.79. The van der Waals surface area contributed by atoms with E-state index in [9.17, 15) is 14.4 Å². The van der Waals surface area contributed by atoms with Crippen molar-refractivity contribution in [1.29, 1.82) is 0 Å². The molecule has 0 radical (unpaired) electrons. The van der Waals surface area contributed by atoms with E-state index in [4.69, 9.17) is 11.6 Å². The van der Waals surface area contributed by atoms with Gasteiger partial charge in [-0.25, -0.2) is 0 Å². The normalized spacial score (nSPS) is 15.2. The van der Waals surface area contributed by atoms with Crippen molar-refractivity contribution in [2.75, 3.05) is 43.4 Å². The lowest BCUT2D eigenvalue weighted by atomic mass is 10.1. The minimum atomic E-state index is -0.119. The van der Waals surface area contributed by atoms with E-state index in [1.54, 1.807) is 42.3 Å². The van der Waals surface area contributed by atoms with Gasteiger partial charge in [0.1, 0.15) is 0 Å². The lowest BCUT2D eigenvalue weighted by Gasteiger charge is -2.37. The van der Waals surface area contributed by atoms with Gasteiger partial charge in [0.25, 0.3) is 11.8 Å². The molecule has 0 bridgehead atoms. The Morgan fingerprint density at radius 1 is 0.921 bits per heavy atom. The lowest BCUT2D eigenvalue weighted by Crippen LogP contribution is -2.49. The first kappa shape index (κ1) is 25.8. The smallest absolute Gasteiger partial charge is 0.256 e. The zero-order valence-corrected chi connectivity index (χ0v) is 22.2. The molecule has 1 saturated heterocycles. The molecule has 3 aromatic carbocycles. The van der Waals surface area contributed by atoms with E-state index in [0.29, 0.717) is 54.6 Å². The number of nitrogens with zero attached hydrogens (tertiary/aromatic N) is 3. The number of piperazine rings is 1. The zero-order chi connectivity index (χ0) is 26.6. The van der Waals surface area contributed by atoms with Gasteiger partial charge in [0.05, 0.1) is 5.56 Å². The fourth-order valence-electron chi connectivity index (χ4n) is 4.71. The predicted molar refractivity (Wildman–Crippen MR) is 150 cm³/mol. The maximum absolute atomic E-state index is 13.7. The molecule has 8 heteroatoms. The maximum Gasteiger partial charge on any atom is 0.256 e. The molecule has 0 unspecified atom stereocenters. The van der Waals surface area contributed by atoms with Crippen molar-refractivity contribution < 1.29 is 14.4 Å². The van der Waals surface area contributed by atoms with Gasteiger partial charge in [-0.2, -0.15) is 0 Å². The number of carbonyl (C=O) groups excluding carboxylic acids is 3. The van der Waals surface area contributed by atoms with Gasteiger partial charge in [0.2, 0.25) is 5.91 Å². The van der Waals surface area contributed by atoms with Crippen molar-refractivity contribution in [3.8, 4) is 0 Å². The van der Waals surface area contributed by atoms with Crippen molar-refractivity contribution in [3.63, 3.8) is 0 Å². The highest BCUT2D eigenvalue weighted by molar-refractivity contribution is 6.30. The summed E-state index contributed by atoms with van der Waals surface area (Å²) >= 11 is 5.97. The van der Waals surface area contributed by atoms with Gasteiger partial charge in [-0.3, -0.25) is 14.4 Å². The molecule has 0 aromatic heterocycles. The number of amides is 3. The van der Waals surface area contributed by atoms with E-state index in [1.165, 1.54) is 0 Å². The largest absolute Gasteiger partial charge is 0.367 e. The number of anilines is 2. The summed E-state index contributed by atoms with van der Waals surface area (Å²) in [5, 5.41) is 3.57. The summed E-state index contributed by atoms with van der Waals surface area (Å²) < 4.78 is 0. The Kier molecular flexibility index (Phi) is 7.65. The van der Waals surface area contributed by atoms with Gasteiger partial charge in [0, 0.05) is 67.7 Å². The molecule has 1 heterocycles. The summed E-state index contributed by atoms with van der Waals surface area (Å²) in [5.74, 6) is -0.0756. The number of nitrogens with one attached hydrogen (secondary N) is 1. The quantitative estimate of drug-likeness (QED) is 0.470. The average molecular weight is 531 g/mol. The van der Waals surface area contributed by atoms with Crippen LogP contribution in [0.3, 0.4) is 0 Å². The average Bonchev–Trinajstić information content (AvgIpc) is 3.79. The van der Waals surface area contributed by atoms with Crippen molar-refractivity contribution in [1.82, 2.24) is 9.80 Å². The van der Waals surface area contributed by atoms with Crippen LogP contribution in [0, 0.1) is 5.92 Å². The van der Waals surface area contributed by atoms with Crippen LogP contribution in [-0.4, -0.2) is 60.7 Å². The maximum atomic E-state index is 13.7. The van der Waals surface area contributed by atoms with Gasteiger partial charge in [-0.1, -0.05) is 41.9 Å². The topological polar surface area (TPSA) is 73.0 Å². The summed E-state index contributed by atoms with van der Waals surface area (Å²) in [5.41, 5.74) is 3.61. The van der Waals surface area contributed by atoms with Gasteiger partial charge in [0.15, 0.2) is 0 Å². The highest BCUT2D eigenvalue weighted by Gasteiger charge is 2.30. The molecule has 1 aliphatic carbocycles. The second-order valence-corrected chi connectivity index (χ2v) is 10.4. The molecule has 38 heavy (non-hydrogen) atoms. The molecule has 0 spiro atoms. The second-order valence-electron chi connectivity index (χ2n) is 9.93. The monoisotopic (exact) mass is 530 g/mol.